The molecule has 0 unspecified atom stereocenters. The summed E-state index contributed by atoms with van der Waals surface area (Å²) >= 11 is 6.26. The van der Waals surface area contributed by atoms with E-state index in [1.807, 2.05) is 0 Å². The molecule has 25 heavy (non-hydrogen) atoms. The third-order valence-electron chi connectivity index (χ3n) is 3.58. The number of carbonyl (C=O) groups excluding carboxylic acids is 1. The highest BCUT2D eigenvalue weighted by Gasteiger charge is 2.32. The average Bonchev–Trinajstić information content (AvgIpc) is 2.77. The minimum absolute atomic E-state index is 0.0454. The molecule has 0 aliphatic carbocycles. The molecule has 0 aromatic carbocycles. The van der Waals surface area contributed by atoms with Crippen LogP contribution in [0.25, 0.3) is 6.08 Å². The molecular weight excluding hydrogens is 364 g/mol. The molecule has 0 saturated carbocycles. The zero-order chi connectivity index (χ0) is 18.7. The van der Waals surface area contributed by atoms with E-state index in [1.54, 1.807) is 13.8 Å². The van der Waals surface area contributed by atoms with Gasteiger partial charge in [-0.15, -0.1) is 0 Å². The summed E-state index contributed by atoms with van der Waals surface area (Å²) in [6.45, 7) is 3.77. The van der Waals surface area contributed by atoms with Crippen LogP contribution in [-0.4, -0.2) is 42.4 Å². The van der Waals surface area contributed by atoms with Crippen LogP contribution in [0.1, 0.15) is 38.3 Å². The van der Waals surface area contributed by atoms with Crippen LogP contribution >= 0.6 is 24.0 Å². The number of carboxylic acid groups (broad SMARTS) is 1. The van der Waals surface area contributed by atoms with Crippen molar-refractivity contribution < 1.29 is 19.8 Å². The molecule has 1 fully saturated rings. The first-order valence-electron chi connectivity index (χ1n) is 7.64. The Kier molecular flexibility index (Phi) is 6.02. The molecule has 1 aromatic rings. The fraction of sp³-hybridized carbons (Fsp3) is 0.375. The van der Waals surface area contributed by atoms with Gasteiger partial charge in [0.2, 0.25) is 5.88 Å². The van der Waals surface area contributed by atoms with E-state index in [1.165, 1.54) is 27.7 Å². The van der Waals surface area contributed by atoms with Crippen molar-refractivity contribution in [1.29, 1.82) is 0 Å². The third kappa shape index (κ3) is 4.29. The van der Waals surface area contributed by atoms with Gasteiger partial charge in [-0.25, -0.2) is 0 Å². The third-order valence-corrected chi connectivity index (χ3v) is 4.96. The second kappa shape index (κ2) is 7.83. The van der Waals surface area contributed by atoms with Crippen molar-refractivity contribution in [3.05, 3.63) is 33.0 Å². The minimum Gasteiger partial charge on any atom is -0.494 e. The van der Waals surface area contributed by atoms with E-state index in [2.05, 4.69) is 0 Å². The van der Waals surface area contributed by atoms with Crippen LogP contribution in [0.2, 0.25) is 0 Å². The summed E-state index contributed by atoms with van der Waals surface area (Å²) in [7, 11) is 0. The van der Waals surface area contributed by atoms with E-state index in [-0.39, 0.29) is 36.4 Å². The maximum Gasteiger partial charge on any atom is 0.303 e. The van der Waals surface area contributed by atoms with Crippen LogP contribution in [0.5, 0.6) is 5.88 Å². The van der Waals surface area contributed by atoms with Gasteiger partial charge in [-0.05, 0) is 32.4 Å². The van der Waals surface area contributed by atoms with E-state index in [0.717, 1.165) is 11.8 Å². The number of carbonyl (C=O) groups is 2. The molecule has 0 atom stereocenters. The largest absolute Gasteiger partial charge is 0.494 e. The molecule has 1 amide bonds. The lowest BCUT2D eigenvalue weighted by Gasteiger charge is -2.14. The number of aromatic hydroxyl groups is 1. The van der Waals surface area contributed by atoms with Crippen LogP contribution in [0.4, 0.5) is 0 Å². The first-order valence-corrected chi connectivity index (χ1v) is 8.86. The van der Waals surface area contributed by atoms with Crippen molar-refractivity contribution in [3.63, 3.8) is 0 Å². The predicted octanol–water partition coefficient (Wildman–Crippen LogP) is 2.20. The van der Waals surface area contributed by atoms with Gasteiger partial charge in [-0.1, -0.05) is 24.0 Å². The molecule has 7 nitrogen and oxygen atoms in total. The Hall–Kier alpha value is -2.13. The summed E-state index contributed by atoms with van der Waals surface area (Å²) < 4.78 is 1.58. The van der Waals surface area contributed by atoms with E-state index in [4.69, 9.17) is 17.3 Å². The van der Waals surface area contributed by atoms with E-state index in [9.17, 15) is 19.5 Å². The van der Waals surface area contributed by atoms with Gasteiger partial charge in [0.1, 0.15) is 4.32 Å². The highest BCUT2D eigenvalue weighted by Crippen LogP contribution is 2.34. The summed E-state index contributed by atoms with van der Waals surface area (Å²) in [6, 6.07) is 2.55. The first-order chi connectivity index (χ1) is 11.7. The normalized spacial score (nSPS) is 16.3. The summed E-state index contributed by atoms with van der Waals surface area (Å²) in [6.07, 6.45) is 1.75. The number of thioether (sulfide) groups is 1. The van der Waals surface area contributed by atoms with Crippen molar-refractivity contribution in [2.24, 2.45) is 0 Å². The van der Waals surface area contributed by atoms with Crippen LogP contribution in [-0.2, 0) is 9.59 Å². The molecule has 1 aliphatic heterocycles. The van der Waals surface area contributed by atoms with Gasteiger partial charge in [0.05, 0.1) is 4.91 Å². The number of nitrogens with zero attached hydrogens (tertiary/aromatic N) is 2. The Morgan fingerprint density at radius 2 is 2.04 bits per heavy atom. The molecule has 1 saturated heterocycles. The number of hydrogen-bond acceptors (Lipinski definition) is 6. The van der Waals surface area contributed by atoms with E-state index < -0.39 is 5.97 Å². The van der Waals surface area contributed by atoms with E-state index >= 15 is 0 Å². The van der Waals surface area contributed by atoms with Gasteiger partial charge in [0.25, 0.3) is 11.5 Å². The van der Waals surface area contributed by atoms with Crippen molar-refractivity contribution in [2.45, 2.75) is 32.7 Å². The van der Waals surface area contributed by atoms with Crippen molar-refractivity contribution in [1.82, 2.24) is 9.47 Å². The molecule has 2 heterocycles. The standard InChI is InChI=1S/C16H18N2O5S2/c1-9(2)18-12(19)6-5-10(14(18)22)8-11-15(23)17(16(24)25-11)7-3-4-13(20)21/h5-6,8-9,22H,3-4,7H2,1-2H3,(H,20,21)/b11-8-. The van der Waals surface area contributed by atoms with Crippen molar-refractivity contribution in [2.75, 3.05) is 6.54 Å². The van der Waals surface area contributed by atoms with Crippen LogP contribution < -0.4 is 5.56 Å². The maximum atomic E-state index is 12.4. The number of hydrogen-bond donors (Lipinski definition) is 2. The Bertz CT molecular complexity index is 813. The van der Waals surface area contributed by atoms with Crippen LogP contribution in [0.3, 0.4) is 0 Å². The maximum absolute atomic E-state index is 12.4. The number of pyridine rings is 1. The zero-order valence-corrected chi connectivity index (χ0v) is 15.4. The molecule has 134 valence electrons. The van der Waals surface area contributed by atoms with Gasteiger partial charge >= 0.3 is 5.97 Å². The van der Waals surface area contributed by atoms with Gasteiger partial charge in [-0.2, -0.15) is 0 Å². The average molecular weight is 382 g/mol. The topological polar surface area (TPSA) is 99.8 Å². The highest BCUT2D eigenvalue weighted by atomic mass is 32.2. The smallest absolute Gasteiger partial charge is 0.303 e. The second-order valence-electron chi connectivity index (χ2n) is 5.74. The Balaban J connectivity index is 2.26. The van der Waals surface area contributed by atoms with Gasteiger partial charge in [0, 0.05) is 30.6 Å². The second-order valence-corrected chi connectivity index (χ2v) is 7.42. The van der Waals surface area contributed by atoms with Gasteiger partial charge in [0.15, 0.2) is 0 Å². The Morgan fingerprint density at radius 1 is 1.36 bits per heavy atom. The van der Waals surface area contributed by atoms with Crippen LogP contribution in [0, 0.1) is 0 Å². The van der Waals surface area contributed by atoms with Crippen molar-refractivity contribution >= 4 is 46.3 Å². The quantitative estimate of drug-likeness (QED) is 0.575. The predicted molar refractivity (Wildman–Crippen MR) is 99.5 cm³/mol. The summed E-state index contributed by atoms with van der Waals surface area (Å²) in [5.41, 5.74) is 0.0187. The Labute approximate surface area is 153 Å². The molecule has 1 aromatic heterocycles. The minimum atomic E-state index is -0.929. The molecule has 1 aliphatic rings. The lowest BCUT2D eigenvalue weighted by atomic mass is 10.2. The number of aliphatic carboxylic acids is 1. The number of aromatic nitrogens is 1. The molecule has 2 rings (SSSR count). The highest BCUT2D eigenvalue weighted by molar-refractivity contribution is 8.26. The zero-order valence-electron chi connectivity index (χ0n) is 13.8. The molecule has 9 heteroatoms. The number of thiocarbonyl (C=S) groups is 1. The van der Waals surface area contributed by atoms with E-state index in [0.29, 0.717) is 21.2 Å². The molecule has 0 spiro atoms. The fourth-order valence-electron chi connectivity index (χ4n) is 2.39. The molecule has 2 N–H and O–H groups in total. The van der Waals surface area contributed by atoms with Crippen LogP contribution in [0.15, 0.2) is 21.8 Å². The first kappa shape index (κ1) is 19.2. The number of carboxylic acids is 1. The van der Waals surface area contributed by atoms with Gasteiger partial charge in [-0.3, -0.25) is 23.9 Å². The number of amides is 1. The Morgan fingerprint density at radius 3 is 2.64 bits per heavy atom. The lowest BCUT2D eigenvalue weighted by molar-refractivity contribution is -0.137. The summed E-state index contributed by atoms with van der Waals surface area (Å²) in [4.78, 5) is 36.6. The monoisotopic (exact) mass is 382 g/mol. The molecular formula is C16H18N2O5S2. The molecule has 0 bridgehead atoms. The summed E-state index contributed by atoms with van der Waals surface area (Å²) in [5, 5.41) is 19.0. The van der Waals surface area contributed by atoms with Gasteiger partial charge < -0.3 is 10.2 Å². The van der Waals surface area contributed by atoms with Crippen molar-refractivity contribution in [3.8, 4) is 5.88 Å². The SMILES string of the molecule is CC(C)n1c(O)c(/C=C2\SC(=S)N(CCCC(=O)O)C2=O)ccc1=O. The lowest BCUT2D eigenvalue weighted by Crippen LogP contribution is -2.29. The fourth-order valence-corrected chi connectivity index (χ4v) is 3.69. The summed E-state index contributed by atoms with van der Waals surface area (Å²) in [5.74, 6) is -1.47. The molecule has 0 radical (unpaired) electrons. The number of rotatable bonds is 6.